The summed E-state index contributed by atoms with van der Waals surface area (Å²) in [4.78, 5) is 0. The lowest BCUT2D eigenvalue weighted by Crippen LogP contribution is -2.22. The molecule has 2 nitrogen and oxygen atoms in total. The highest BCUT2D eigenvalue weighted by Crippen LogP contribution is 2.29. The predicted octanol–water partition coefficient (Wildman–Crippen LogP) is 3.78. The molecular weight excluding hydrogens is 248 g/mol. The van der Waals surface area contributed by atoms with E-state index in [1.807, 2.05) is 13.8 Å². The topological polar surface area (TPSA) is 21.3 Å². The molecular formula is C15H21F2NO. The van der Waals surface area contributed by atoms with Crippen molar-refractivity contribution >= 4 is 0 Å². The number of benzene rings is 1. The molecule has 2 rings (SSSR count). The zero-order valence-corrected chi connectivity index (χ0v) is 11.5. The number of ether oxygens (including phenoxy) is 1. The van der Waals surface area contributed by atoms with Crippen LogP contribution in [0, 0.1) is 11.6 Å². The van der Waals surface area contributed by atoms with Crippen LogP contribution in [-0.4, -0.2) is 12.1 Å². The van der Waals surface area contributed by atoms with Crippen LogP contribution in [0.25, 0.3) is 0 Å². The Morgan fingerprint density at radius 1 is 1.21 bits per heavy atom. The van der Waals surface area contributed by atoms with Crippen molar-refractivity contribution < 1.29 is 13.5 Å². The van der Waals surface area contributed by atoms with Crippen LogP contribution in [0.4, 0.5) is 8.78 Å². The maximum Gasteiger partial charge on any atom is 0.191 e. The molecule has 1 aromatic carbocycles. The monoisotopic (exact) mass is 269 g/mol. The van der Waals surface area contributed by atoms with Gasteiger partial charge >= 0.3 is 0 Å². The molecule has 0 saturated heterocycles. The highest BCUT2D eigenvalue weighted by molar-refractivity contribution is 5.31. The van der Waals surface area contributed by atoms with Crippen LogP contribution in [0.3, 0.4) is 0 Å². The summed E-state index contributed by atoms with van der Waals surface area (Å²) in [6.07, 6.45) is 3.88. The molecule has 1 saturated carbocycles. The molecule has 1 N–H and O–H groups in total. The van der Waals surface area contributed by atoms with E-state index in [9.17, 15) is 8.78 Å². The van der Waals surface area contributed by atoms with Gasteiger partial charge in [-0.05, 0) is 43.4 Å². The Bertz CT molecular complexity index is 405. The molecule has 106 valence electrons. The summed E-state index contributed by atoms with van der Waals surface area (Å²) in [5, 5.41) is 3.13. The Hall–Kier alpha value is -1.16. The van der Waals surface area contributed by atoms with E-state index in [1.54, 1.807) is 0 Å². The normalized spacial score (nSPS) is 16.3. The third kappa shape index (κ3) is 3.90. The standard InChI is InChI=1S/C15H21F2NO/c1-10(2)18-9-11-7-13(16)15(14(17)8-11)19-12-5-3-4-6-12/h7-8,10,12,18H,3-6,9H2,1-2H3. The van der Waals surface area contributed by atoms with Gasteiger partial charge in [-0.25, -0.2) is 8.78 Å². The SMILES string of the molecule is CC(C)NCc1cc(F)c(OC2CCCC2)c(F)c1. The van der Waals surface area contributed by atoms with Crippen LogP contribution in [0.2, 0.25) is 0 Å². The van der Waals surface area contributed by atoms with E-state index in [-0.39, 0.29) is 17.9 Å². The molecule has 0 radical (unpaired) electrons. The molecule has 0 atom stereocenters. The Morgan fingerprint density at radius 3 is 2.32 bits per heavy atom. The van der Waals surface area contributed by atoms with Crippen molar-refractivity contribution in [3.63, 3.8) is 0 Å². The first-order valence-electron chi connectivity index (χ1n) is 6.94. The van der Waals surface area contributed by atoms with Gasteiger partial charge in [-0.1, -0.05) is 13.8 Å². The van der Waals surface area contributed by atoms with Crippen molar-refractivity contribution in [2.75, 3.05) is 0 Å². The summed E-state index contributed by atoms with van der Waals surface area (Å²) in [5.74, 6) is -1.43. The summed E-state index contributed by atoms with van der Waals surface area (Å²) >= 11 is 0. The summed E-state index contributed by atoms with van der Waals surface area (Å²) in [7, 11) is 0. The van der Waals surface area contributed by atoms with Crippen LogP contribution < -0.4 is 10.1 Å². The zero-order chi connectivity index (χ0) is 13.8. The average molecular weight is 269 g/mol. The van der Waals surface area contributed by atoms with Crippen molar-refractivity contribution in [1.82, 2.24) is 5.32 Å². The molecule has 19 heavy (non-hydrogen) atoms. The van der Waals surface area contributed by atoms with E-state index in [4.69, 9.17) is 4.74 Å². The van der Waals surface area contributed by atoms with Gasteiger partial charge in [0.15, 0.2) is 17.4 Å². The van der Waals surface area contributed by atoms with E-state index in [0.717, 1.165) is 25.7 Å². The molecule has 0 aromatic heterocycles. The maximum atomic E-state index is 13.9. The lowest BCUT2D eigenvalue weighted by Gasteiger charge is -2.15. The summed E-state index contributed by atoms with van der Waals surface area (Å²) in [5.41, 5.74) is 0.600. The van der Waals surface area contributed by atoms with Gasteiger partial charge in [-0.2, -0.15) is 0 Å². The van der Waals surface area contributed by atoms with E-state index in [1.165, 1.54) is 12.1 Å². The van der Waals surface area contributed by atoms with Crippen LogP contribution in [-0.2, 0) is 6.54 Å². The van der Waals surface area contributed by atoms with Crippen molar-refractivity contribution in [1.29, 1.82) is 0 Å². The van der Waals surface area contributed by atoms with E-state index in [2.05, 4.69) is 5.32 Å². The fourth-order valence-corrected chi connectivity index (χ4v) is 2.32. The highest BCUT2D eigenvalue weighted by atomic mass is 19.1. The molecule has 0 amide bonds. The lowest BCUT2D eigenvalue weighted by molar-refractivity contribution is 0.191. The molecule has 1 fully saturated rings. The number of hydrogen-bond donors (Lipinski definition) is 1. The van der Waals surface area contributed by atoms with Crippen LogP contribution in [0.5, 0.6) is 5.75 Å². The third-order valence-electron chi connectivity index (χ3n) is 3.36. The Kier molecular flexibility index (Phi) is 4.75. The minimum absolute atomic E-state index is 0.0383. The maximum absolute atomic E-state index is 13.9. The van der Waals surface area contributed by atoms with E-state index < -0.39 is 11.6 Å². The summed E-state index contributed by atoms with van der Waals surface area (Å²) in [6.45, 7) is 4.43. The van der Waals surface area contributed by atoms with Crippen molar-refractivity contribution in [2.45, 2.75) is 58.2 Å². The minimum atomic E-state index is -0.604. The van der Waals surface area contributed by atoms with Gasteiger partial charge in [0.1, 0.15) is 0 Å². The predicted molar refractivity (Wildman–Crippen MR) is 71.2 cm³/mol. The fraction of sp³-hybridized carbons (Fsp3) is 0.600. The van der Waals surface area contributed by atoms with Gasteiger partial charge in [-0.3, -0.25) is 0 Å². The number of hydrogen-bond acceptors (Lipinski definition) is 2. The van der Waals surface area contributed by atoms with Gasteiger partial charge < -0.3 is 10.1 Å². The fourth-order valence-electron chi connectivity index (χ4n) is 2.32. The first-order chi connectivity index (χ1) is 9.06. The first-order valence-corrected chi connectivity index (χ1v) is 6.94. The molecule has 1 aliphatic carbocycles. The molecule has 0 heterocycles. The number of rotatable bonds is 5. The zero-order valence-electron chi connectivity index (χ0n) is 11.5. The Labute approximate surface area is 113 Å². The largest absolute Gasteiger partial charge is 0.484 e. The molecule has 1 aliphatic rings. The second-order valence-corrected chi connectivity index (χ2v) is 5.45. The van der Waals surface area contributed by atoms with Gasteiger partial charge in [-0.15, -0.1) is 0 Å². The molecule has 0 aliphatic heterocycles. The van der Waals surface area contributed by atoms with Gasteiger partial charge in [0, 0.05) is 12.6 Å². The molecule has 0 unspecified atom stereocenters. The third-order valence-corrected chi connectivity index (χ3v) is 3.36. The van der Waals surface area contributed by atoms with Gasteiger partial charge in [0.2, 0.25) is 0 Å². The van der Waals surface area contributed by atoms with Crippen molar-refractivity contribution in [3.8, 4) is 5.75 Å². The van der Waals surface area contributed by atoms with Crippen LogP contribution >= 0.6 is 0 Å². The van der Waals surface area contributed by atoms with Crippen LogP contribution in [0.1, 0.15) is 45.1 Å². The van der Waals surface area contributed by atoms with Gasteiger partial charge in [0.05, 0.1) is 6.10 Å². The Morgan fingerprint density at radius 2 is 1.79 bits per heavy atom. The van der Waals surface area contributed by atoms with E-state index >= 15 is 0 Å². The molecule has 4 heteroatoms. The highest BCUT2D eigenvalue weighted by Gasteiger charge is 2.21. The quantitative estimate of drug-likeness (QED) is 0.878. The average Bonchev–Trinajstić information content (AvgIpc) is 2.84. The second-order valence-electron chi connectivity index (χ2n) is 5.45. The Balaban J connectivity index is 2.07. The number of nitrogens with one attached hydrogen (secondary N) is 1. The summed E-state index contributed by atoms with van der Waals surface area (Å²) in [6, 6.07) is 2.98. The van der Waals surface area contributed by atoms with Gasteiger partial charge in [0.25, 0.3) is 0 Å². The van der Waals surface area contributed by atoms with Crippen molar-refractivity contribution in [3.05, 3.63) is 29.3 Å². The van der Waals surface area contributed by atoms with E-state index in [0.29, 0.717) is 12.1 Å². The smallest absolute Gasteiger partial charge is 0.191 e. The van der Waals surface area contributed by atoms with Crippen LogP contribution in [0.15, 0.2) is 12.1 Å². The van der Waals surface area contributed by atoms with Crippen molar-refractivity contribution in [2.24, 2.45) is 0 Å². The summed E-state index contributed by atoms with van der Waals surface area (Å²) < 4.78 is 33.2. The molecule has 1 aromatic rings. The molecule has 0 spiro atoms. The number of halogens is 2. The lowest BCUT2D eigenvalue weighted by atomic mass is 10.2. The first kappa shape index (κ1) is 14.3. The molecule has 0 bridgehead atoms. The minimum Gasteiger partial charge on any atom is -0.484 e. The second kappa shape index (κ2) is 6.33.